The standard InChI is InChI=1S/C18H20N2/c1-3-20-13-15(17-6-4-5-7-18(17)20)12-19-16-10-8-14(2)9-11-16/h4-11,13,19H,3,12H2,1-2H3. The van der Waals surface area contributed by atoms with E-state index in [4.69, 9.17) is 0 Å². The fourth-order valence-electron chi connectivity index (χ4n) is 2.59. The summed E-state index contributed by atoms with van der Waals surface area (Å²) in [6.45, 7) is 6.16. The minimum atomic E-state index is 0.858. The molecule has 0 aliphatic carbocycles. The van der Waals surface area contributed by atoms with E-state index in [1.807, 2.05) is 0 Å². The molecule has 20 heavy (non-hydrogen) atoms. The van der Waals surface area contributed by atoms with Crippen molar-refractivity contribution < 1.29 is 0 Å². The van der Waals surface area contributed by atoms with Crippen LogP contribution in [0.3, 0.4) is 0 Å². The van der Waals surface area contributed by atoms with Gasteiger partial charge in [-0.1, -0.05) is 35.9 Å². The highest BCUT2D eigenvalue weighted by atomic mass is 15.0. The normalized spacial score (nSPS) is 10.9. The SMILES string of the molecule is CCn1cc(CNc2ccc(C)cc2)c2ccccc21. The lowest BCUT2D eigenvalue weighted by atomic mass is 10.1. The average Bonchev–Trinajstić information content (AvgIpc) is 2.85. The van der Waals surface area contributed by atoms with Crippen molar-refractivity contribution in [3.63, 3.8) is 0 Å². The molecule has 0 unspecified atom stereocenters. The Hall–Kier alpha value is -2.22. The number of aromatic nitrogens is 1. The van der Waals surface area contributed by atoms with Gasteiger partial charge in [-0.05, 0) is 37.6 Å². The quantitative estimate of drug-likeness (QED) is 0.729. The van der Waals surface area contributed by atoms with Gasteiger partial charge in [0.1, 0.15) is 0 Å². The summed E-state index contributed by atoms with van der Waals surface area (Å²) >= 11 is 0. The third-order valence-electron chi connectivity index (χ3n) is 3.75. The van der Waals surface area contributed by atoms with Crippen LogP contribution in [0.15, 0.2) is 54.7 Å². The lowest BCUT2D eigenvalue weighted by molar-refractivity contribution is 0.793. The number of nitrogens with one attached hydrogen (secondary N) is 1. The molecular formula is C18H20N2. The molecule has 0 aliphatic heterocycles. The summed E-state index contributed by atoms with van der Waals surface area (Å²) in [6.07, 6.45) is 2.26. The molecule has 0 bridgehead atoms. The molecule has 2 nitrogen and oxygen atoms in total. The van der Waals surface area contributed by atoms with Gasteiger partial charge in [0, 0.05) is 35.9 Å². The third kappa shape index (κ3) is 2.42. The maximum atomic E-state index is 3.50. The fourth-order valence-corrected chi connectivity index (χ4v) is 2.59. The van der Waals surface area contributed by atoms with Crippen molar-refractivity contribution in [3.05, 3.63) is 65.9 Å². The van der Waals surface area contributed by atoms with Gasteiger partial charge in [-0.25, -0.2) is 0 Å². The molecule has 2 heteroatoms. The summed E-state index contributed by atoms with van der Waals surface area (Å²) < 4.78 is 2.31. The molecule has 0 amide bonds. The van der Waals surface area contributed by atoms with E-state index in [-0.39, 0.29) is 0 Å². The van der Waals surface area contributed by atoms with E-state index < -0.39 is 0 Å². The Morgan fingerprint density at radius 3 is 2.50 bits per heavy atom. The van der Waals surface area contributed by atoms with Gasteiger partial charge < -0.3 is 9.88 Å². The van der Waals surface area contributed by atoms with Gasteiger partial charge in [-0.15, -0.1) is 0 Å². The van der Waals surface area contributed by atoms with Crippen LogP contribution in [0, 0.1) is 6.92 Å². The van der Waals surface area contributed by atoms with Crippen LogP contribution in [0.1, 0.15) is 18.1 Å². The van der Waals surface area contributed by atoms with E-state index in [1.54, 1.807) is 0 Å². The highest BCUT2D eigenvalue weighted by molar-refractivity contribution is 5.84. The summed E-state index contributed by atoms with van der Waals surface area (Å²) in [6, 6.07) is 17.1. The molecule has 0 fully saturated rings. The van der Waals surface area contributed by atoms with Crippen molar-refractivity contribution in [3.8, 4) is 0 Å². The number of rotatable bonds is 4. The Labute approximate surface area is 120 Å². The molecule has 1 heterocycles. The van der Waals surface area contributed by atoms with Crippen LogP contribution >= 0.6 is 0 Å². The zero-order chi connectivity index (χ0) is 13.9. The van der Waals surface area contributed by atoms with Crippen LogP contribution in [-0.4, -0.2) is 4.57 Å². The Kier molecular flexibility index (Phi) is 3.46. The van der Waals surface area contributed by atoms with Crippen LogP contribution < -0.4 is 5.32 Å². The van der Waals surface area contributed by atoms with Crippen LogP contribution in [-0.2, 0) is 13.1 Å². The molecule has 3 aromatic rings. The van der Waals surface area contributed by atoms with Crippen molar-refractivity contribution in [1.29, 1.82) is 0 Å². The maximum absolute atomic E-state index is 3.50. The molecule has 102 valence electrons. The van der Waals surface area contributed by atoms with Gasteiger partial charge in [0.2, 0.25) is 0 Å². The first-order chi connectivity index (χ1) is 9.78. The summed E-state index contributed by atoms with van der Waals surface area (Å²) in [7, 11) is 0. The molecule has 0 spiro atoms. The highest BCUT2D eigenvalue weighted by Crippen LogP contribution is 2.22. The third-order valence-corrected chi connectivity index (χ3v) is 3.75. The van der Waals surface area contributed by atoms with Crippen molar-refractivity contribution >= 4 is 16.6 Å². The van der Waals surface area contributed by atoms with Crippen LogP contribution in [0.4, 0.5) is 5.69 Å². The molecule has 0 saturated heterocycles. The first kappa shape index (κ1) is 12.8. The van der Waals surface area contributed by atoms with E-state index in [0.29, 0.717) is 0 Å². The summed E-state index contributed by atoms with van der Waals surface area (Å²) in [5, 5.41) is 4.85. The molecular weight excluding hydrogens is 244 g/mol. The summed E-state index contributed by atoms with van der Waals surface area (Å²) in [4.78, 5) is 0. The molecule has 0 atom stereocenters. The van der Waals surface area contributed by atoms with E-state index in [1.165, 1.54) is 27.7 Å². The molecule has 1 aromatic heterocycles. The molecule has 2 aromatic carbocycles. The number of fused-ring (bicyclic) bond motifs is 1. The van der Waals surface area contributed by atoms with Gasteiger partial charge in [0.25, 0.3) is 0 Å². The van der Waals surface area contributed by atoms with Crippen molar-refractivity contribution in [2.75, 3.05) is 5.32 Å². The molecule has 0 saturated carbocycles. The van der Waals surface area contributed by atoms with Crippen LogP contribution in [0.25, 0.3) is 10.9 Å². The van der Waals surface area contributed by atoms with Gasteiger partial charge >= 0.3 is 0 Å². The smallest absolute Gasteiger partial charge is 0.0483 e. The maximum Gasteiger partial charge on any atom is 0.0483 e. The second kappa shape index (κ2) is 5.41. The number of benzene rings is 2. The summed E-state index contributed by atoms with van der Waals surface area (Å²) in [5.41, 5.74) is 5.13. The van der Waals surface area contributed by atoms with Gasteiger partial charge in [-0.3, -0.25) is 0 Å². The topological polar surface area (TPSA) is 17.0 Å². The van der Waals surface area contributed by atoms with Gasteiger partial charge in [0.05, 0.1) is 0 Å². The fraction of sp³-hybridized carbons (Fsp3) is 0.222. The molecule has 0 aliphatic rings. The van der Waals surface area contributed by atoms with Crippen molar-refractivity contribution in [1.82, 2.24) is 4.57 Å². The molecule has 3 rings (SSSR count). The highest BCUT2D eigenvalue weighted by Gasteiger charge is 2.06. The zero-order valence-electron chi connectivity index (χ0n) is 12.1. The minimum absolute atomic E-state index is 0.858. The van der Waals surface area contributed by atoms with E-state index >= 15 is 0 Å². The van der Waals surface area contributed by atoms with Crippen LogP contribution in [0.2, 0.25) is 0 Å². The van der Waals surface area contributed by atoms with Gasteiger partial charge in [-0.2, -0.15) is 0 Å². The number of aryl methyl sites for hydroxylation is 2. The minimum Gasteiger partial charge on any atom is -0.381 e. The number of para-hydroxylation sites is 1. The predicted octanol–water partition coefficient (Wildman–Crippen LogP) is 4.58. The first-order valence-corrected chi connectivity index (χ1v) is 7.15. The summed E-state index contributed by atoms with van der Waals surface area (Å²) in [5.74, 6) is 0. The second-order valence-corrected chi connectivity index (χ2v) is 5.18. The Balaban J connectivity index is 1.85. The predicted molar refractivity (Wildman–Crippen MR) is 86.1 cm³/mol. The first-order valence-electron chi connectivity index (χ1n) is 7.15. The average molecular weight is 264 g/mol. The van der Waals surface area contributed by atoms with Crippen molar-refractivity contribution in [2.45, 2.75) is 26.9 Å². The lowest BCUT2D eigenvalue weighted by Gasteiger charge is -2.05. The monoisotopic (exact) mass is 264 g/mol. The molecule has 1 N–H and O–H groups in total. The largest absolute Gasteiger partial charge is 0.381 e. The zero-order valence-corrected chi connectivity index (χ0v) is 12.1. The van der Waals surface area contributed by atoms with Gasteiger partial charge in [0.15, 0.2) is 0 Å². The lowest BCUT2D eigenvalue weighted by Crippen LogP contribution is -1.98. The van der Waals surface area contributed by atoms with Crippen molar-refractivity contribution in [2.24, 2.45) is 0 Å². The number of anilines is 1. The number of nitrogens with zero attached hydrogens (tertiary/aromatic N) is 1. The Morgan fingerprint density at radius 1 is 1.00 bits per heavy atom. The Bertz CT molecular complexity index is 708. The molecule has 0 radical (unpaired) electrons. The Morgan fingerprint density at radius 2 is 1.75 bits per heavy atom. The number of hydrogen-bond donors (Lipinski definition) is 1. The van der Waals surface area contributed by atoms with E-state index in [0.717, 1.165) is 13.1 Å². The second-order valence-electron chi connectivity index (χ2n) is 5.18. The van der Waals surface area contributed by atoms with Crippen LogP contribution in [0.5, 0.6) is 0 Å². The van der Waals surface area contributed by atoms with E-state index in [2.05, 4.69) is 78.5 Å². The van der Waals surface area contributed by atoms with E-state index in [9.17, 15) is 0 Å². The number of hydrogen-bond acceptors (Lipinski definition) is 1.